The van der Waals surface area contributed by atoms with Crippen LogP contribution in [0, 0.1) is 24.1 Å². The van der Waals surface area contributed by atoms with E-state index in [1.54, 1.807) is 24.0 Å². The van der Waals surface area contributed by atoms with Crippen molar-refractivity contribution in [2.75, 3.05) is 26.2 Å². The highest BCUT2D eigenvalue weighted by Gasteiger charge is 2.53. The number of hydrogen-bond acceptors (Lipinski definition) is 6. The van der Waals surface area contributed by atoms with Crippen LogP contribution in [0.2, 0.25) is 0 Å². The number of carboxylic acid groups (broad SMARTS) is 1. The molecule has 4 rings (SSSR count). The molecule has 9 heteroatoms. The maximum atomic E-state index is 14.1. The van der Waals surface area contributed by atoms with Crippen LogP contribution in [-0.4, -0.2) is 63.3 Å². The van der Waals surface area contributed by atoms with Crippen molar-refractivity contribution >= 4 is 11.9 Å². The van der Waals surface area contributed by atoms with Crippen molar-refractivity contribution in [1.29, 1.82) is 0 Å². The average molecular weight is 402 g/mol. The van der Waals surface area contributed by atoms with E-state index in [2.05, 4.69) is 19.8 Å². The van der Waals surface area contributed by atoms with Crippen LogP contribution in [0.5, 0.6) is 0 Å². The van der Waals surface area contributed by atoms with Crippen LogP contribution in [0.25, 0.3) is 0 Å². The number of benzene rings is 1. The second kappa shape index (κ2) is 7.55. The number of rotatable bonds is 6. The minimum Gasteiger partial charge on any atom is -0.481 e. The molecule has 1 amide bonds. The van der Waals surface area contributed by atoms with E-state index in [9.17, 15) is 19.1 Å². The quantitative estimate of drug-likeness (QED) is 0.788. The minimum atomic E-state index is -0.855. The number of aromatic nitrogens is 2. The Bertz CT molecular complexity index is 933. The Hall–Kier alpha value is -2.81. The second-order valence-electron chi connectivity index (χ2n) is 8.10. The van der Waals surface area contributed by atoms with E-state index in [1.165, 1.54) is 6.07 Å². The van der Waals surface area contributed by atoms with Crippen molar-refractivity contribution < 1.29 is 23.7 Å². The summed E-state index contributed by atoms with van der Waals surface area (Å²) < 4.78 is 18.7. The fraction of sp³-hybridized carbons (Fsp3) is 0.500. The Labute approximate surface area is 167 Å². The average Bonchev–Trinajstić information content (AvgIpc) is 3.34. The monoisotopic (exact) mass is 402 g/mol. The third kappa shape index (κ3) is 3.74. The van der Waals surface area contributed by atoms with Crippen LogP contribution in [0.3, 0.4) is 0 Å². The molecule has 0 bridgehead atoms. The maximum Gasteiger partial charge on any atom is 0.303 e. The van der Waals surface area contributed by atoms with E-state index in [0.29, 0.717) is 50.4 Å². The first kappa shape index (κ1) is 19.5. The molecule has 8 nitrogen and oxygen atoms in total. The molecular weight excluding hydrogens is 379 g/mol. The van der Waals surface area contributed by atoms with Gasteiger partial charge in [0.2, 0.25) is 0 Å². The number of carboxylic acids is 1. The van der Waals surface area contributed by atoms with Gasteiger partial charge in [0.15, 0.2) is 5.69 Å². The number of halogens is 1. The molecule has 0 saturated carbocycles. The van der Waals surface area contributed by atoms with E-state index in [1.807, 2.05) is 6.07 Å². The number of carbonyl (C=O) groups excluding carboxylic acids is 1. The summed E-state index contributed by atoms with van der Waals surface area (Å²) in [6.45, 7) is 4.41. The lowest BCUT2D eigenvalue weighted by atomic mass is 9.77. The Morgan fingerprint density at radius 1 is 1.28 bits per heavy atom. The zero-order chi connectivity index (χ0) is 20.6. The number of fused-ring (bicyclic) bond motifs is 1. The molecule has 0 radical (unpaired) electrons. The molecule has 2 fully saturated rings. The highest BCUT2D eigenvalue weighted by molar-refractivity contribution is 5.93. The normalized spacial score (nSPS) is 24.1. The number of likely N-dealkylation sites (tertiary alicyclic amines) is 2. The van der Waals surface area contributed by atoms with Crippen molar-refractivity contribution in [2.45, 2.75) is 26.3 Å². The van der Waals surface area contributed by atoms with Crippen LogP contribution in [0.4, 0.5) is 4.39 Å². The Morgan fingerprint density at radius 3 is 2.76 bits per heavy atom. The molecule has 1 aromatic heterocycles. The molecule has 0 spiro atoms. The van der Waals surface area contributed by atoms with Gasteiger partial charge in [-0.3, -0.25) is 14.5 Å². The van der Waals surface area contributed by atoms with Crippen LogP contribution in [-0.2, 0) is 11.3 Å². The third-order valence-electron chi connectivity index (χ3n) is 6.16. The lowest BCUT2D eigenvalue weighted by molar-refractivity contribution is -0.137. The predicted octanol–water partition coefficient (Wildman–Crippen LogP) is 1.96. The highest BCUT2D eigenvalue weighted by atomic mass is 19.1. The van der Waals surface area contributed by atoms with E-state index in [0.717, 1.165) is 0 Å². The molecule has 2 unspecified atom stereocenters. The van der Waals surface area contributed by atoms with Crippen molar-refractivity contribution in [1.82, 2.24) is 20.1 Å². The number of aliphatic carboxylic acids is 1. The molecule has 1 N–H and O–H groups in total. The first-order valence-corrected chi connectivity index (χ1v) is 9.64. The van der Waals surface area contributed by atoms with Crippen LogP contribution in [0.1, 0.15) is 34.6 Å². The van der Waals surface area contributed by atoms with Crippen LogP contribution >= 0.6 is 0 Å². The summed E-state index contributed by atoms with van der Waals surface area (Å²) in [6, 6.07) is 6.69. The Morgan fingerprint density at radius 2 is 2.07 bits per heavy atom. The van der Waals surface area contributed by atoms with Gasteiger partial charge in [0, 0.05) is 50.1 Å². The zero-order valence-corrected chi connectivity index (χ0v) is 16.2. The maximum absolute atomic E-state index is 14.1. The molecule has 0 aliphatic carbocycles. The van der Waals surface area contributed by atoms with Crippen molar-refractivity contribution in [3.63, 3.8) is 0 Å². The van der Waals surface area contributed by atoms with Gasteiger partial charge < -0.3 is 10.0 Å². The van der Waals surface area contributed by atoms with Gasteiger partial charge in [0.05, 0.1) is 0 Å². The Balaban J connectivity index is 1.52. The van der Waals surface area contributed by atoms with Crippen LogP contribution in [0.15, 0.2) is 28.9 Å². The standard InChI is InChI=1S/C20H23FN4O4/c1-13-18(23-29-22-13)19(28)25-10-15-9-24(8-14-4-2-3-5-16(14)21)11-20(15,12-25)7-6-17(26)27/h2-5,15H,6-12H2,1H3,(H,26,27). The van der Waals surface area contributed by atoms with E-state index < -0.39 is 5.97 Å². The van der Waals surface area contributed by atoms with Gasteiger partial charge in [-0.1, -0.05) is 23.4 Å². The number of aryl methyl sites for hydroxylation is 1. The lowest BCUT2D eigenvalue weighted by Gasteiger charge is -2.29. The predicted molar refractivity (Wildman–Crippen MR) is 99.4 cm³/mol. The SMILES string of the molecule is Cc1nonc1C(=O)N1CC2CN(Cc3ccccc3F)CC2(CCC(=O)O)C1. The molecule has 1 aromatic carbocycles. The van der Waals surface area contributed by atoms with E-state index in [-0.39, 0.29) is 35.2 Å². The first-order valence-electron chi connectivity index (χ1n) is 9.64. The molecule has 2 atom stereocenters. The molecule has 154 valence electrons. The summed E-state index contributed by atoms with van der Waals surface area (Å²) in [5.74, 6) is -1.21. The molecule has 3 heterocycles. The van der Waals surface area contributed by atoms with Gasteiger partial charge in [0.1, 0.15) is 11.5 Å². The van der Waals surface area contributed by atoms with E-state index in [4.69, 9.17) is 0 Å². The van der Waals surface area contributed by atoms with Crippen molar-refractivity contribution in [2.24, 2.45) is 11.3 Å². The smallest absolute Gasteiger partial charge is 0.303 e. The summed E-state index contributed by atoms with van der Waals surface area (Å²) >= 11 is 0. The fourth-order valence-electron chi connectivity index (χ4n) is 4.72. The summed E-state index contributed by atoms with van der Waals surface area (Å²) in [6.07, 6.45) is 0.511. The highest BCUT2D eigenvalue weighted by Crippen LogP contribution is 2.46. The van der Waals surface area contributed by atoms with Gasteiger partial charge in [-0.15, -0.1) is 0 Å². The van der Waals surface area contributed by atoms with Crippen molar-refractivity contribution in [3.05, 3.63) is 47.0 Å². The largest absolute Gasteiger partial charge is 0.481 e. The molecule has 2 aliphatic rings. The molecular formula is C20H23FN4O4. The Kier molecular flexibility index (Phi) is 5.08. The summed E-state index contributed by atoms with van der Waals surface area (Å²) in [5.41, 5.74) is 0.928. The topological polar surface area (TPSA) is 99.8 Å². The number of hydrogen-bond donors (Lipinski definition) is 1. The number of carbonyl (C=O) groups is 2. The molecule has 29 heavy (non-hydrogen) atoms. The molecule has 2 aliphatic heterocycles. The van der Waals surface area contributed by atoms with E-state index >= 15 is 0 Å². The van der Waals surface area contributed by atoms with Gasteiger partial charge in [-0.25, -0.2) is 9.02 Å². The van der Waals surface area contributed by atoms with Gasteiger partial charge in [0.25, 0.3) is 5.91 Å². The second-order valence-corrected chi connectivity index (χ2v) is 8.10. The fourth-order valence-corrected chi connectivity index (χ4v) is 4.72. The zero-order valence-electron chi connectivity index (χ0n) is 16.2. The molecule has 2 aromatic rings. The van der Waals surface area contributed by atoms with Gasteiger partial charge >= 0.3 is 5.97 Å². The number of amides is 1. The number of nitrogens with zero attached hydrogens (tertiary/aromatic N) is 4. The lowest BCUT2D eigenvalue weighted by Crippen LogP contribution is -2.37. The third-order valence-corrected chi connectivity index (χ3v) is 6.16. The molecule has 2 saturated heterocycles. The van der Waals surface area contributed by atoms with Gasteiger partial charge in [-0.05, 0) is 30.5 Å². The first-order chi connectivity index (χ1) is 13.9. The van der Waals surface area contributed by atoms with Gasteiger partial charge in [-0.2, -0.15) is 0 Å². The van der Waals surface area contributed by atoms with Crippen LogP contribution < -0.4 is 0 Å². The minimum absolute atomic E-state index is 0.0383. The summed E-state index contributed by atoms with van der Waals surface area (Å²) in [5, 5.41) is 16.6. The van der Waals surface area contributed by atoms with Crippen molar-refractivity contribution in [3.8, 4) is 0 Å². The summed E-state index contributed by atoms with van der Waals surface area (Å²) in [7, 11) is 0. The summed E-state index contributed by atoms with van der Waals surface area (Å²) in [4.78, 5) is 28.0.